The van der Waals surface area contributed by atoms with Crippen molar-refractivity contribution in [2.24, 2.45) is 5.92 Å². The van der Waals surface area contributed by atoms with Gasteiger partial charge in [-0.05, 0) is 60.0 Å². The van der Waals surface area contributed by atoms with Crippen molar-refractivity contribution in [2.75, 3.05) is 11.9 Å². The second-order valence-corrected chi connectivity index (χ2v) is 8.85. The van der Waals surface area contributed by atoms with Crippen LogP contribution < -0.4 is 10.6 Å². The second kappa shape index (κ2) is 9.80. The van der Waals surface area contributed by atoms with Gasteiger partial charge in [-0.1, -0.05) is 0 Å². The molecule has 1 aromatic carbocycles. The zero-order valence-corrected chi connectivity index (χ0v) is 18.9. The molecule has 1 aliphatic rings. The third-order valence-corrected chi connectivity index (χ3v) is 5.80. The molecular weight excluding hydrogens is 470 g/mol. The molecule has 1 amide bonds. The van der Waals surface area contributed by atoms with E-state index in [9.17, 15) is 22.4 Å². The van der Waals surface area contributed by atoms with Crippen molar-refractivity contribution in [3.8, 4) is 11.1 Å². The van der Waals surface area contributed by atoms with Gasteiger partial charge in [-0.2, -0.15) is 18.3 Å². The van der Waals surface area contributed by atoms with Crippen LogP contribution in [0.15, 0.2) is 54.3 Å². The standard InChI is InChI=1S/C21H18FN5OS.C2H3F3/c22-15-3-5-16(6-4-15)26-17-9-23-20-18(10-25-27(20)11-17)14-7-19(29-12-14)21(28)24-8-13-1-2-13;1-2(3,4)5/h3-7,9-13,26H,1-2,8H2,(H,24,28);1H3. The third kappa shape index (κ3) is 6.53. The van der Waals surface area contributed by atoms with Crippen LogP contribution in [-0.4, -0.2) is 33.2 Å². The smallest absolute Gasteiger partial charge is 0.353 e. The van der Waals surface area contributed by atoms with Gasteiger partial charge in [0, 0.05) is 24.7 Å². The van der Waals surface area contributed by atoms with E-state index in [1.165, 1.54) is 36.3 Å². The van der Waals surface area contributed by atoms with Gasteiger partial charge in [0.15, 0.2) is 5.65 Å². The van der Waals surface area contributed by atoms with Crippen LogP contribution in [0.25, 0.3) is 16.8 Å². The first-order valence-corrected chi connectivity index (χ1v) is 11.3. The van der Waals surface area contributed by atoms with Crippen LogP contribution in [0.2, 0.25) is 0 Å². The number of nitrogens with zero attached hydrogens (tertiary/aromatic N) is 3. The number of fused-ring (bicyclic) bond motifs is 1. The molecule has 0 unspecified atom stereocenters. The van der Waals surface area contributed by atoms with Gasteiger partial charge in [-0.25, -0.2) is 13.9 Å². The average molecular weight is 492 g/mol. The molecule has 1 fully saturated rings. The summed E-state index contributed by atoms with van der Waals surface area (Å²) in [6, 6.07) is 8.01. The number of thiophene rings is 1. The van der Waals surface area contributed by atoms with Crippen LogP contribution >= 0.6 is 11.3 Å². The predicted octanol–water partition coefficient (Wildman–Crippen LogP) is 6.05. The van der Waals surface area contributed by atoms with Crippen molar-refractivity contribution in [2.45, 2.75) is 25.9 Å². The zero-order valence-electron chi connectivity index (χ0n) is 18.1. The summed E-state index contributed by atoms with van der Waals surface area (Å²) < 4.78 is 45.8. The quantitative estimate of drug-likeness (QED) is 0.322. The van der Waals surface area contributed by atoms with Crippen LogP contribution in [0.3, 0.4) is 0 Å². The van der Waals surface area contributed by atoms with E-state index in [4.69, 9.17) is 0 Å². The molecule has 5 rings (SSSR count). The number of benzene rings is 1. The van der Waals surface area contributed by atoms with Crippen LogP contribution in [-0.2, 0) is 0 Å². The van der Waals surface area contributed by atoms with E-state index in [1.54, 1.807) is 29.0 Å². The first-order valence-electron chi connectivity index (χ1n) is 10.5. The van der Waals surface area contributed by atoms with Crippen LogP contribution in [0.4, 0.5) is 28.9 Å². The number of aromatic nitrogens is 3. The number of anilines is 2. The topological polar surface area (TPSA) is 71.3 Å². The molecule has 11 heteroatoms. The number of amides is 1. The lowest BCUT2D eigenvalue weighted by Crippen LogP contribution is -2.24. The van der Waals surface area contributed by atoms with Crippen LogP contribution in [0.5, 0.6) is 0 Å². The lowest BCUT2D eigenvalue weighted by molar-refractivity contribution is -0.110. The maximum absolute atomic E-state index is 13.1. The normalized spacial score (nSPS) is 13.3. The van der Waals surface area contributed by atoms with E-state index >= 15 is 0 Å². The molecule has 1 saturated carbocycles. The first-order chi connectivity index (χ1) is 16.2. The molecule has 3 aromatic heterocycles. The molecule has 0 spiro atoms. The fourth-order valence-corrected chi connectivity index (χ4v) is 3.91. The van der Waals surface area contributed by atoms with Crippen molar-refractivity contribution in [3.05, 3.63) is 65.0 Å². The summed E-state index contributed by atoms with van der Waals surface area (Å²) in [5.74, 6) is 0.348. The van der Waals surface area contributed by atoms with E-state index in [0.717, 1.165) is 29.0 Å². The Hall–Kier alpha value is -3.47. The molecule has 0 aliphatic heterocycles. The number of hydrogen-bond donors (Lipinski definition) is 2. The van der Waals surface area contributed by atoms with Gasteiger partial charge < -0.3 is 10.6 Å². The monoisotopic (exact) mass is 491 g/mol. The predicted molar refractivity (Wildman–Crippen MR) is 123 cm³/mol. The number of carbonyl (C=O) groups is 1. The van der Waals surface area contributed by atoms with Gasteiger partial charge in [-0.3, -0.25) is 4.79 Å². The average Bonchev–Trinajstić information content (AvgIpc) is 3.30. The summed E-state index contributed by atoms with van der Waals surface area (Å²) >= 11 is 1.42. The number of carbonyl (C=O) groups excluding carboxylic acids is 1. The summed E-state index contributed by atoms with van der Waals surface area (Å²) in [5, 5.41) is 12.5. The minimum Gasteiger partial charge on any atom is -0.353 e. The van der Waals surface area contributed by atoms with E-state index in [-0.39, 0.29) is 18.6 Å². The van der Waals surface area contributed by atoms with Gasteiger partial charge in [0.1, 0.15) is 5.82 Å². The van der Waals surface area contributed by atoms with Gasteiger partial charge in [0.25, 0.3) is 5.91 Å². The Kier molecular flexibility index (Phi) is 6.82. The van der Waals surface area contributed by atoms with E-state index in [2.05, 4.69) is 20.7 Å². The Morgan fingerprint density at radius 2 is 1.88 bits per heavy atom. The van der Waals surface area contributed by atoms with Crippen molar-refractivity contribution in [1.29, 1.82) is 0 Å². The maximum atomic E-state index is 13.1. The lowest BCUT2D eigenvalue weighted by atomic mass is 10.2. The molecule has 3 heterocycles. The number of rotatable bonds is 6. The molecule has 0 radical (unpaired) electrons. The highest BCUT2D eigenvalue weighted by molar-refractivity contribution is 7.12. The van der Waals surface area contributed by atoms with E-state index < -0.39 is 6.18 Å². The van der Waals surface area contributed by atoms with Crippen molar-refractivity contribution >= 4 is 34.3 Å². The molecule has 6 nitrogen and oxygen atoms in total. The molecule has 2 N–H and O–H groups in total. The van der Waals surface area contributed by atoms with Crippen molar-refractivity contribution in [1.82, 2.24) is 19.9 Å². The molecule has 0 bridgehead atoms. The van der Waals surface area contributed by atoms with Crippen molar-refractivity contribution in [3.63, 3.8) is 0 Å². The largest absolute Gasteiger partial charge is 0.386 e. The van der Waals surface area contributed by atoms with Crippen molar-refractivity contribution < 1.29 is 22.4 Å². The molecule has 0 atom stereocenters. The third-order valence-electron chi connectivity index (χ3n) is 4.87. The maximum Gasteiger partial charge on any atom is 0.386 e. The lowest BCUT2D eigenvalue weighted by Gasteiger charge is -2.06. The Bertz CT molecular complexity index is 1270. The summed E-state index contributed by atoms with van der Waals surface area (Å²) in [7, 11) is 0. The van der Waals surface area contributed by atoms with Gasteiger partial charge in [0.05, 0.1) is 29.2 Å². The van der Waals surface area contributed by atoms with Crippen LogP contribution in [0, 0.1) is 11.7 Å². The minimum atomic E-state index is -4.00. The summed E-state index contributed by atoms with van der Waals surface area (Å²) in [4.78, 5) is 17.5. The van der Waals surface area contributed by atoms with Gasteiger partial charge in [-0.15, -0.1) is 11.3 Å². The highest BCUT2D eigenvalue weighted by atomic mass is 32.1. The molecule has 4 aromatic rings. The number of halogens is 4. The Labute approximate surface area is 196 Å². The highest BCUT2D eigenvalue weighted by Gasteiger charge is 2.22. The molecule has 0 saturated heterocycles. The summed E-state index contributed by atoms with van der Waals surface area (Å²) in [5.41, 5.74) is 4.00. The van der Waals surface area contributed by atoms with Gasteiger partial charge >= 0.3 is 6.18 Å². The summed E-state index contributed by atoms with van der Waals surface area (Å²) in [6.07, 6.45) is 3.70. The fourth-order valence-electron chi connectivity index (χ4n) is 3.09. The Morgan fingerprint density at radius 3 is 2.56 bits per heavy atom. The number of nitrogens with one attached hydrogen (secondary N) is 2. The summed E-state index contributed by atoms with van der Waals surface area (Å²) in [6.45, 7) is 0.946. The molecule has 1 aliphatic carbocycles. The van der Waals surface area contributed by atoms with E-state index in [0.29, 0.717) is 16.4 Å². The molecular formula is C23H21F4N5OS. The van der Waals surface area contributed by atoms with Gasteiger partial charge in [0.2, 0.25) is 0 Å². The molecule has 178 valence electrons. The number of alkyl halides is 3. The van der Waals surface area contributed by atoms with Crippen LogP contribution in [0.1, 0.15) is 29.4 Å². The SMILES string of the molecule is CC(F)(F)F.O=C(NCC1CC1)c1cc(-c2cnn3cc(Nc4ccc(F)cc4)cnc23)cs1. The second-order valence-electron chi connectivity index (χ2n) is 7.94. The fraction of sp³-hybridized carbons (Fsp3) is 0.261. The Balaban J connectivity index is 0.000000499. The molecule has 34 heavy (non-hydrogen) atoms. The van der Waals surface area contributed by atoms with E-state index in [1.807, 2.05) is 17.6 Å². The Morgan fingerprint density at radius 1 is 1.18 bits per heavy atom. The first kappa shape index (κ1) is 23.7. The number of hydrogen-bond acceptors (Lipinski definition) is 5. The highest BCUT2D eigenvalue weighted by Crippen LogP contribution is 2.30. The zero-order chi connectivity index (χ0) is 24.3. The minimum absolute atomic E-state index is 0.0247.